The minimum atomic E-state index is 0.402. The molecule has 7 nitrogen and oxygen atoms in total. The van der Waals surface area contributed by atoms with Gasteiger partial charge in [0.25, 0.3) is 0 Å². The fourth-order valence-corrected chi connectivity index (χ4v) is 2.75. The van der Waals surface area contributed by atoms with Gasteiger partial charge in [-0.2, -0.15) is 0 Å². The lowest BCUT2D eigenvalue weighted by molar-refractivity contribution is 0.172. The number of methoxy groups -OCH3 is 1. The molecule has 0 saturated carbocycles. The van der Waals surface area contributed by atoms with Crippen molar-refractivity contribution in [2.45, 2.75) is 19.9 Å². The monoisotopic (exact) mass is 408 g/mol. The van der Waals surface area contributed by atoms with Crippen molar-refractivity contribution in [3.05, 3.63) is 66.6 Å². The van der Waals surface area contributed by atoms with Gasteiger partial charge in [0.15, 0.2) is 5.96 Å². The zero-order valence-electron chi connectivity index (χ0n) is 17.4. The molecule has 0 aliphatic carbocycles. The van der Waals surface area contributed by atoms with E-state index in [4.69, 9.17) is 13.9 Å². The smallest absolute Gasteiger partial charge is 0.226 e. The predicted molar refractivity (Wildman–Crippen MR) is 119 cm³/mol. The number of rotatable bonds is 10. The molecule has 0 spiro atoms. The van der Waals surface area contributed by atoms with Gasteiger partial charge < -0.3 is 24.5 Å². The zero-order chi connectivity index (χ0) is 21.0. The summed E-state index contributed by atoms with van der Waals surface area (Å²) in [5.41, 5.74) is 2.60. The second-order valence-electron chi connectivity index (χ2n) is 6.55. The summed E-state index contributed by atoms with van der Waals surface area (Å²) in [4.78, 5) is 9.14. The topological polar surface area (TPSA) is 80.9 Å². The van der Waals surface area contributed by atoms with Gasteiger partial charge in [-0.1, -0.05) is 24.3 Å². The van der Waals surface area contributed by atoms with Gasteiger partial charge in [-0.3, -0.25) is 0 Å². The number of aromatic nitrogens is 1. The van der Waals surface area contributed by atoms with E-state index >= 15 is 0 Å². The molecule has 2 N–H and O–H groups in total. The van der Waals surface area contributed by atoms with Crippen LogP contribution in [0.2, 0.25) is 0 Å². The van der Waals surface area contributed by atoms with E-state index in [1.807, 2.05) is 61.5 Å². The number of nitrogens with one attached hydrogen (secondary N) is 2. The molecule has 0 radical (unpaired) electrons. The third kappa shape index (κ3) is 6.63. The van der Waals surface area contributed by atoms with E-state index < -0.39 is 0 Å². The summed E-state index contributed by atoms with van der Waals surface area (Å²) in [6.45, 7) is 4.46. The maximum Gasteiger partial charge on any atom is 0.226 e. The molecule has 158 valence electrons. The molecular formula is C23H28N4O3. The molecule has 0 amide bonds. The SMILES string of the molecule is CCNC(=NCc1coc(-c2ccccc2)n1)Nc1cccc(OCCCOC)c1. The van der Waals surface area contributed by atoms with E-state index in [0.29, 0.717) is 31.6 Å². The second-order valence-corrected chi connectivity index (χ2v) is 6.55. The summed E-state index contributed by atoms with van der Waals surface area (Å²) < 4.78 is 16.4. The molecule has 0 aliphatic rings. The van der Waals surface area contributed by atoms with Crippen molar-refractivity contribution in [3.63, 3.8) is 0 Å². The van der Waals surface area contributed by atoms with Crippen molar-refractivity contribution in [2.75, 3.05) is 32.2 Å². The number of guanidine groups is 1. The van der Waals surface area contributed by atoms with E-state index in [-0.39, 0.29) is 0 Å². The fourth-order valence-electron chi connectivity index (χ4n) is 2.75. The number of benzene rings is 2. The summed E-state index contributed by atoms with van der Waals surface area (Å²) in [7, 11) is 1.69. The summed E-state index contributed by atoms with van der Waals surface area (Å²) in [5.74, 6) is 2.06. The molecule has 0 unspecified atom stereocenters. The molecule has 0 aliphatic heterocycles. The molecule has 0 bridgehead atoms. The lowest BCUT2D eigenvalue weighted by Gasteiger charge is -2.12. The first-order chi connectivity index (χ1) is 14.8. The van der Waals surface area contributed by atoms with Crippen LogP contribution in [-0.4, -0.2) is 37.8 Å². The minimum Gasteiger partial charge on any atom is -0.493 e. The second kappa shape index (κ2) is 11.6. The predicted octanol–water partition coefficient (Wildman–Crippen LogP) is 4.33. The molecule has 1 aromatic heterocycles. The highest BCUT2D eigenvalue weighted by Gasteiger charge is 2.07. The zero-order valence-corrected chi connectivity index (χ0v) is 17.4. The van der Waals surface area contributed by atoms with Crippen molar-refractivity contribution >= 4 is 11.6 Å². The Morgan fingerprint density at radius 1 is 1.10 bits per heavy atom. The van der Waals surface area contributed by atoms with Gasteiger partial charge >= 0.3 is 0 Å². The summed E-state index contributed by atoms with van der Waals surface area (Å²) in [5, 5.41) is 6.55. The Morgan fingerprint density at radius 3 is 2.77 bits per heavy atom. The lowest BCUT2D eigenvalue weighted by Crippen LogP contribution is -2.30. The number of hydrogen-bond acceptors (Lipinski definition) is 5. The van der Waals surface area contributed by atoms with Gasteiger partial charge in [-0.15, -0.1) is 0 Å². The van der Waals surface area contributed by atoms with Gasteiger partial charge in [0.2, 0.25) is 5.89 Å². The lowest BCUT2D eigenvalue weighted by atomic mass is 10.2. The first-order valence-electron chi connectivity index (χ1n) is 10.1. The standard InChI is InChI=1S/C23H28N4O3/c1-3-24-23(27-19-11-7-12-21(15-19)29-14-8-13-28-2)25-16-20-17-30-22(26-20)18-9-5-4-6-10-18/h4-7,9-12,15,17H,3,8,13-14,16H2,1-2H3,(H2,24,25,27). The van der Waals surface area contributed by atoms with Crippen molar-refractivity contribution in [1.29, 1.82) is 0 Å². The first kappa shape index (κ1) is 21.4. The van der Waals surface area contributed by atoms with Crippen LogP contribution in [0, 0.1) is 0 Å². The Kier molecular flexibility index (Phi) is 8.29. The number of oxazole rings is 1. The average molecular weight is 409 g/mol. The van der Waals surface area contributed by atoms with Gasteiger partial charge in [-0.25, -0.2) is 9.98 Å². The first-order valence-corrected chi connectivity index (χ1v) is 10.1. The van der Waals surface area contributed by atoms with Crippen LogP contribution in [-0.2, 0) is 11.3 Å². The quantitative estimate of drug-likeness (QED) is 0.295. The molecule has 0 fully saturated rings. The molecule has 0 atom stereocenters. The van der Waals surface area contributed by atoms with Crippen LogP contribution in [0.15, 0.2) is 70.3 Å². The van der Waals surface area contributed by atoms with Crippen LogP contribution in [0.4, 0.5) is 5.69 Å². The van der Waals surface area contributed by atoms with Crippen molar-refractivity contribution in [3.8, 4) is 17.2 Å². The highest BCUT2D eigenvalue weighted by Crippen LogP contribution is 2.19. The normalized spacial score (nSPS) is 11.3. The number of nitrogens with zero attached hydrogens (tertiary/aromatic N) is 2. The highest BCUT2D eigenvalue weighted by molar-refractivity contribution is 5.93. The summed E-state index contributed by atoms with van der Waals surface area (Å²) >= 11 is 0. The molecule has 1 heterocycles. The largest absolute Gasteiger partial charge is 0.493 e. The Labute approximate surface area is 177 Å². The van der Waals surface area contributed by atoms with Crippen molar-refractivity contribution in [2.24, 2.45) is 4.99 Å². The summed E-state index contributed by atoms with van der Waals surface area (Å²) in [6.07, 6.45) is 2.49. The van der Waals surface area contributed by atoms with Crippen LogP contribution in [0.1, 0.15) is 19.0 Å². The molecule has 2 aromatic carbocycles. The molecule has 3 aromatic rings. The average Bonchev–Trinajstić information content (AvgIpc) is 3.25. The number of ether oxygens (including phenoxy) is 2. The van der Waals surface area contributed by atoms with E-state index in [1.54, 1.807) is 13.4 Å². The molecule has 3 rings (SSSR count). The van der Waals surface area contributed by atoms with Crippen LogP contribution in [0.25, 0.3) is 11.5 Å². The maximum absolute atomic E-state index is 5.76. The third-order valence-electron chi connectivity index (χ3n) is 4.17. The van der Waals surface area contributed by atoms with Crippen LogP contribution in [0.3, 0.4) is 0 Å². The molecule has 30 heavy (non-hydrogen) atoms. The Hall–Kier alpha value is -3.32. The van der Waals surface area contributed by atoms with Gasteiger partial charge in [0, 0.05) is 44.0 Å². The fraction of sp³-hybridized carbons (Fsp3) is 0.304. The summed E-state index contributed by atoms with van der Waals surface area (Å²) in [6, 6.07) is 17.6. The number of aliphatic imine (C=N–C) groups is 1. The van der Waals surface area contributed by atoms with E-state index in [2.05, 4.69) is 20.6 Å². The molecule has 7 heteroatoms. The number of anilines is 1. The van der Waals surface area contributed by atoms with Crippen molar-refractivity contribution in [1.82, 2.24) is 10.3 Å². The van der Waals surface area contributed by atoms with Crippen LogP contribution >= 0.6 is 0 Å². The van der Waals surface area contributed by atoms with E-state index in [0.717, 1.165) is 35.7 Å². The third-order valence-corrected chi connectivity index (χ3v) is 4.17. The molecule has 0 saturated heterocycles. The van der Waals surface area contributed by atoms with Gasteiger partial charge in [0.05, 0.1) is 13.2 Å². The van der Waals surface area contributed by atoms with Crippen LogP contribution < -0.4 is 15.4 Å². The molecular weight excluding hydrogens is 380 g/mol. The van der Waals surface area contributed by atoms with Crippen LogP contribution in [0.5, 0.6) is 5.75 Å². The Bertz CT molecular complexity index is 925. The Balaban J connectivity index is 1.62. The van der Waals surface area contributed by atoms with Gasteiger partial charge in [0.1, 0.15) is 17.7 Å². The van der Waals surface area contributed by atoms with Crippen molar-refractivity contribution < 1.29 is 13.9 Å². The highest BCUT2D eigenvalue weighted by atomic mass is 16.5. The minimum absolute atomic E-state index is 0.402. The number of hydrogen-bond donors (Lipinski definition) is 2. The Morgan fingerprint density at radius 2 is 1.97 bits per heavy atom. The van der Waals surface area contributed by atoms with E-state index in [1.165, 1.54) is 0 Å². The van der Waals surface area contributed by atoms with E-state index in [9.17, 15) is 0 Å². The maximum atomic E-state index is 5.76. The van der Waals surface area contributed by atoms with Gasteiger partial charge in [-0.05, 0) is 31.2 Å².